The van der Waals surface area contributed by atoms with Crippen molar-refractivity contribution >= 4 is 47.0 Å². The van der Waals surface area contributed by atoms with Crippen LogP contribution in [-0.4, -0.2) is 39.6 Å². The summed E-state index contributed by atoms with van der Waals surface area (Å²) in [6.45, 7) is 6.38. The van der Waals surface area contributed by atoms with E-state index < -0.39 is 5.82 Å². The van der Waals surface area contributed by atoms with E-state index in [-0.39, 0.29) is 17.2 Å². The number of morpholine rings is 1. The van der Waals surface area contributed by atoms with Gasteiger partial charge in [-0.15, -0.1) is 5.10 Å². The minimum atomic E-state index is -0.504. The molecule has 1 aliphatic rings. The Balaban J connectivity index is 1.83. The third kappa shape index (κ3) is 4.82. The van der Waals surface area contributed by atoms with Crippen molar-refractivity contribution in [1.82, 2.24) is 14.3 Å². The number of nitrogens with one attached hydrogen (secondary N) is 1. The van der Waals surface area contributed by atoms with Gasteiger partial charge in [0.2, 0.25) is 4.77 Å². The Bertz CT molecular complexity index is 1170. The van der Waals surface area contributed by atoms with Crippen LogP contribution in [0.1, 0.15) is 13.8 Å². The first kappa shape index (κ1) is 22.7. The van der Waals surface area contributed by atoms with Gasteiger partial charge in [-0.1, -0.05) is 34.8 Å². The molecule has 4 rings (SSSR count). The van der Waals surface area contributed by atoms with Crippen molar-refractivity contribution in [3.63, 3.8) is 0 Å². The molecule has 0 unspecified atom stereocenters. The van der Waals surface area contributed by atoms with Crippen molar-refractivity contribution in [2.75, 3.05) is 13.1 Å². The zero-order valence-corrected chi connectivity index (χ0v) is 20.0. The average molecular weight is 503 g/mol. The van der Waals surface area contributed by atoms with Crippen LogP contribution < -0.4 is 4.90 Å². The minimum Gasteiger partial charge on any atom is -0.364 e. The highest BCUT2D eigenvalue weighted by molar-refractivity contribution is 7.71. The predicted molar refractivity (Wildman–Crippen MR) is 124 cm³/mol. The second-order valence-electron chi connectivity index (χ2n) is 7.74. The largest absolute Gasteiger partial charge is 0.364 e. The Hall–Kier alpha value is -1.48. The summed E-state index contributed by atoms with van der Waals surface area (Å²) in [5.74, 6) is 0.0271. The topological polar surface area (TPSA) is 36.4 Å². The van der Waals surface area contributed by atoms with E-state index in [9.17, 15) is 4.39 Å². The van der Waals surface area contributed by atoms with Crippen molar-refractivity contribution in [2.24, 2.45) is 0 Å². The molecule has 2 aromatic carbocycles. The van der Waals surface area contributed by atoms with Gasteiger partial charge < -0.3 is 9.64 Å². The number of aromatic nitrogens is 3. The van der Waals surface area contributed by atoms with E-state index in [1.807, 2.05) is 0 Å². The maximum Gasteiger partial charge on any atom is 0.207 e. The van der Waals surface area contributed by atoms with Crippen LogP contribution in [0.15, 0.2) is 36.4 Å². The molecule has 164 valence electrons. The lowest BCUT2D eigenvalue weighted by Gasteiger charge is -2.32. The first-order chi connectivity index (χ1) is 14.7. The normalized spacial score (nSPS) is 21.4. The smallest absolute Gasteiger partial charge is 0.207 e. The number of quaternary nitrogens is 1. The summed E-state index contributed by atoms with van der Waals surface area (Å²) in [6, 6.07) is 9.63. The Morgan fingerprint density at radius 3 is 2.45 bits per heavy atom. The van der Waals surface area contributed by atoms with Crippen molar-refractivity contribution < 1.29 is 14.0 Å². The van der Waals surface area contributed by atoms with Gasteiger partial charge in [0.05, 0.1) is 15.7 Å². The van der Waals surface area contributed by atoms with Crippen LogP contribution in [0.4, 0.5) is 4.39 Å². The van der Waals surface area contributed by atoms with Gasteiger partial charge in [0, 0.05) is 10.6 Å². The Morgan fingerprint density at radius 2 is 1.81 bits per heavy atom. The zero-order chi connectivity index (χ0) is 22.3. The number of benzene rings is 2. The number of hydrogen-bond donors (Lipinski definition) is 1. The summed E-state index contributed by atoms with van der Waals surface area (Å²) in [4.78, 5) is 1.30. The van der Waals surface area contributed by atoms with Crippen molar-refractivity contribution in [1.29, 1.82) is 0 Å². The molecule has 1 saturated heterocycles. The van der Waals surface area contributed by atoms with E-state index in [2.05, 4.69) is 13.8 Å². The highest BCUT2D eigenvalue weighted by Gasteiger charge is 2.27. The summed E-state index contributed by atoms with van der Waals surface area (Å²) in [7, 11) is 0. The van der Waals surface area contributed by atoms with Crippen molar-refractivity contribution in [3.8, 4) is 17.1 Å². The van der Waals surface area contributed by atoms with Crippen LogP contribution in [-0.2, 0) is 11.4 Å². The van der Waals surface area contributed by atoms with Gasteiger partial charge >= 0.3 is 0 Å². The van der Waals surface area contributed by atoms with E-state index in [0.29, 0.717) is 38.6 Å². The molecule has 10 heteroatoms. The fraction of sp³-hybridized carbons (Fsp3) is 0.333. The van der Waals surface area contributed by atoms with Crippen LogP contribution in [0.2, 0.25) is 15.1 Å². The van der Waals surface area contributed by atoms with Gasteiger partial charge in [0.1, 0.15) is 31.1 Å². The maximum absolute atomic E-state index is 13.8. The Morgan fingerprint density at radius 1 is 1.10 bits per heavy atom. The molecule has 31 heavy (non-hydrogen) atoms. The molecule has 2 heterocycles. The van der Waals surface area contributed by atoms with E-state index in [4.69, 9.17) is 56.9 Å². The second-order valence-corrected chi connectivity index (χ2v) is 9.35. The van der Waals surface area contributed by atoms with Gasteiger partial charge in [0.15, 0.2) is 12.5 Å². The minimum absolute atomic E-state index is 0.00163. The molecule has 0 amide bonds. The van der Waals surface area contributed by atoms with Crippen LogP contribution in [0, 0.1) is 10.6 Å². The molecular weight excluding hydrogens is 482 g/mol. The van der Waals surface area contributed by atoms with Crippen LogP contribution in [0.5, 0.6) is 0 Å². The summed E-state index contributed by atoms with van der Waals surface area (Å²) < 4.78 is 23.6. The molecule has 0 saturated carbocycles. The van der Waals surface area contributed by atoms with Gasteiger partial charge in [-0.25, -0.2) is 4.39 Å². The molecular formula is C21H21Cl3FN4OS+. The van der Waals surface area contributed by atoms with Gasteiger partial charge in [-0.05, 0) is 62.5 Å². The molecule has 2 atom stereocenters. The fourth-order valence-corrected chi connectivity index (χ4v) is 4.91. The molecule has 0 bridgehead atoms. The first-order valence-electron chi connectivity index (χ1n) is 9.82. The molecule has 3 aromatic rings. The molecule has 1 aromatic heterocycles. The standard InChI is InChI=1S/C21H20Cl3FN4OS/c1-12-9-27(10-13(2)30-12)11-28-21(31)29(15-4-6-19(25)18(24)8-15)20(26-28)16-5-3-14(22)7-17(16)23/h3-8,12-13H,9-11H2,1-2H3/p+1/t12-,13-/m0/s1. The molecule has 1 aliphatic heterocycles. The van der Waals surface area contributed by atoms with Gasteiger partial charge in [-0.2, -0.15) is 4.68 Å². The lowest BCUT2D eigenvalue weighted by atomic mass is 10.2. The number of ether oxygens (including phenoxy) is 1. The summed E-state index contributed by atoms with van der Waals surface area (Å²) in [5.41, 5.74) is 1.26. The molecule has 0 spiro atoms. The SMILES string of the molecule is C[C@H]1C[NH+](Cn2nc(-c3ccc(Cl)cc3Cl)n(-c3ccc(F)c(Cl)c3)c2=S)C[C@H](C)O1. The number of rotatable bonds is 4. The maximum atomic E-state index is 13.8. The van der Waals surface area contributed by atoms with E-state index in [0.717, 1.165) is 13.1 Å². The predicted octanol–water partition coefficient (Wildman–Crippen LogP) is 4.82. The lowest BCUT2D eigenvalue weighted by Crippen LogP contribution is -3.14. The quantitative estimate of drug-likeness (QED) is 0.520. The first-order valence-corrected chi connectivity index (χ1v) is 11.4. The Kier molecular flexibility index (Phi) is 6.72. The van der Waals surface area contributed by atoms with Crippen molar-refractivity contribution in [3.05, 3.63) is 62.1 Å². The molecule has 1 fully saturated rings. The molecule has 1 N–H and O–H groups in total. The highest BCUT2D eigenvalue weighted by Crippen LogP contribution is 2.32. The number of hydrogen-bond acceptors (Lipinski definition) is 3. The summed E-state index contributed by atoms with van der Waals surface area (Å²) in [6.07, 6.45) is 0.298. The molecule has 0 radical (unpaired) electrons. The van der Waals surface area contributed by atoms with E-state index in [1.54, 1.807) is 33.5 Å². The average Bonchev–Trinajstić information content (AvgIpc) is 2.99. The molecule has 5 nitrogen and oxygen atoms in total. The zero-order valence-electron chi connectivity index (χ0n) is 16.9. The van der Waals surface area contributed by atoms with E-state index in [1.165, 1.54) is 17.0 Å². The Labute approximate surface area is 199 Å². The summed E-state index contributed by atoms with van der Waals surface area (Å²) >= 11 is 24.4. The van der Waals surface area contributed by atoms with Crippen LogP contribution in [0.25, 0.3) is 17.1 Å². The highest BCUT2D eigenvalue weighted by atomic mass is 35.5. The fourth-order valence-electron chi connectivity index (χ4n) is 3.94. The second kappa shape index (κ2) is 9.17. The third-order valence-electron chi connectivity index (χ3n) is 5.16. The van der Waals surface area contributed by atoms with Crippen LogP contribution in [0.3, 0.4) is 0 Å². The van der Waals surface area contributed by atoms with Crippen molar-refractivity contribution in [2.45, 2.75) is 32.7 Å². The lowest BCUT2D eigenvalue weighted by molar-refractivity contribution is -0.937. The third-order valence-corrected chi connectivity index (χ3v) is 6.39. The number of nitrogens with zero attached hydrogens (tertiary/aromatic N) is 3. The van der Waals surface area contributed by atoms with Crippen LogP contribution >= 0.6 is 47.0 Å². The van der Waals surface area contributed by atoms with Gasteiger partial charge in [-0.3, -0.25) is 4.57 Å². The van der Waals surface area contributed by atoms with E-state index >= 15 is 0 Å². The van der Waals surface area contributed by atoms with Gasteiger partial charge in [0.25, 0.3) is 0 Å². The molecule has 0 aliphatic carbocycles. The monoisotopic (exact) mass is 501 g/mol. The number of halogens is 4. The summed E-state index contributed by atoms with van der Waals surface area (Å²) in [5, 5.41) is 5.75.